The van der Waals surface area contributed by atoms with Gasteiger partial charge in [-0.1, -0.05) is 25.2 Å². The maximum atomic E-state index is 12.1. The molecule has 1 aliphatic heterocycles. The summed E-state index contributed by atoms with van der Waals surface area (Å²) in [7, 11) is 0. The molecule has 1 amide bonds. The molecule has 1 aromatic heterocycles. The van der Waals surface area contributed by atoms with Crippen LogP contribution in [0.2, 0.25) is 0 Å². The molecule has 0 saturated carbocycles. The lowest BCUT2D eigenvalue weighted by atomic mass is 10.2. The zero-order valence-electron chi connectivity index (χ0n) is 12.7. The highest BCUT2D eigenvalue weighted by molar-refractivity contribution is 7.18. The van der Waals surface area contributed by atoms with E-state index in [0.717, 1.165) is 18.2 Å². The number of aromatic nitrogens is 1. The van der Waals surface area contributed by atoms with Gasteiger partial charge in [-0.3, -0.25) is 4.79 Å². The van der Waals surface area contributed by atoms with E-state index in [-0.39, 0.29) is 5.91 Å². The molecule has 21 heavy (non-hydrogen) atoms. The number of amides is 1. The van der Waals surface area contributed by atoms with Crippen LogP contribution in [-0.2, 0) is 4.74 Å². The van der Waals surface area contributed by atoms with E-state index >= 15 is 0 Å². The molecule has 1 fully saturated rings. The molecule has 2 heterocycles. The molecule has 0 bridgehead atoms. The third kappa shape index (κ3) is 4.57. The maximum Gasteiger partial charge on any atom is 0.265 e. The number of hydrogen-bond donors (Lipinski definition) is 2. The lowest BCUT2D eigenvalue weighted by Crippen LogP contribution is -2.27. The lowest BCUT2D eigenvalue weighted by Gasteiger charge is -2.11. The van der Waals surface area contributed by atoms with Gasteiger partial charge in [-0.25, -0.2) is 4.98 Å². The second kappa shape index (κ2) is 7.61. The largest absolute Gasteiger partial charge is 0.382 e. The highest BCUT2D eigenvalue weighted by atomic mass is 32.1. The Morgan fingerprint density at radius 2 is 2.19 bits per heavy atom. The minimum Gasteiger partial charge on any atom is -0.382 e. The first kappa shape index (κ1) is 16.0. The number of carbonyl (C=O) groups is 1. The third-order valence-electron chi connectivity index (χ3n) is 3.21. The standard InChI is InChI=1S/C14H24N4O2S/c1-10(2)9-20-8-5-16-13(19)11-12(15)17-14(21-11)18-6-3-4-7-18/h10H,3-9,15H2,1-2H3,(H,16,19). The van der Waals surface area contributed by atoms with Crippen molar-refractivity contribution in [2.45, 2.75) is 26.7 Å². The van der Waals surface area contributed by atoms with Gasteiger partial charge in [0.2, 0.25) is 0 Å². The summed E-state index contributed by atoms with van der Waals surface area (Å²) in [5.41, 5.74) is 5.86. The summed E-state index contributed by atoms with van der Waals surface area (Å²) >= 11 is 1.37. The summed E-state index contributed by atoms with van der Waals surface area (Å²) < 4.78 is 5.43. The van der Waals surface area contributed by atoms with Gasteiger partial charge in [-0.2, -0.15) is 0 Å². The number of nitrogens with zero attached hydrogens (tertiary/aromatic N) is 2. The fourth-order valence-corrected chi connectivity index (χ4v) is 3.12. The number of thiazole rings is 1. The van der Waals surface area contributed by atoms with Crippen LogP contribution in [0.15, 0.2) is 0 Å². The lowest BCUT2D eigenvalue weighted by molar-refractivity contribution is 0.0890. The van der Waals surface area contributed by atoms with E-state index < -0.39 is 0 Å². The van der Waals surface area contributed by atoms with Gasteiger partial charge in [0.05, 0.1) is 6.61 Å². The Labute approximate surface area is 129 Å². The van der Waals surface area contributed by atoms with Crippen molar-refractivity contribution in [3.63, 3.8) is 0 Å². The van der Waals surface area contributed by atoms with Gasteiger partial charge >= 0.3 is 0 Å². The molecule has 118 valence electrons. The summed E-state index contributed by atoms with van der Waals surface area (Å²) in [6.45, 7) is 7.89. The second-order valence-electron chi connectivity index (χ2n) is 5.63. The van der Waals surface area contributed by atoms with Crippen molar-refractivity contribution in [2.24, 2.45) is 5.92 Å². The molecule has 7 heteroatoms. The van der Waals surface area contributed by atoms with Gasteiger partial charge in [0.25, 0.3) is 5.91 Å². The monoisotopic (exact) mass is 312 g/mol. The number of nitrogen functional groups attached to an aromatic ring is 1. The van der Waals surface area contributed by atoms with Crippen molar-refractivity contribution in [1.29, 1.82) is 0 Å². The summed E-state index contributed by atoms with van der Waals surface area (Å²) in [4.78, 5) is 19.1. The Hall–Kier alpha value is -1.34. The van der Waals surface area contributed by atoms with E-state index in [1.165, 1.54) is 24.2 Å². The van der Waals surface area contributed by atoms with E-state index in [0.29, 0.717) is 36.4 Å². The quantitative estimate of drug-likeness (QED) is 0.749. The predicted molar refractivity (Wildman–Crippen MR) is 86.0 cm³/mol. The van der Waals surface area contributed by atoms with Crippen LogP contribution in [0.3, 0.4) is 0 Å². The van der Waals surface area contributed by atoms with Gasteiger partial charge in [0.15, 0.2) is 5.13 Å². The normalized spacial score (nSPS) is 14.9. The average molecular weight is 312 g/mol. The second-order valence-corrected chi connectivity index (χ2v) is 6.61. The maximum absolute atomic E-state index is 12.1. The number of nitrogens with two attached hydrogens (primary N) is 1. The smallest absolute Gasteiger partial charge is 0.265 e. The fourth-order valence-electron chi connectivity index (χ4n) is 2.16. The minimum atomic E-state index is -0.163. The molecular weight excluding hydrogens is 288 g/mol. The topological polar surface area (TPSA) is 80.5 Å². The summed E-state index contributed by atoms with van der Waals surface area (Å²) in [5, 5.41) is 3.68. The fraction of sp³-hybridized carbons (Fsp3) is 0.714. The molecule has 1 aromatic rings. The molecule has 0 aromatic carbocycles. The Kier molecular flexibility index (Phi) is 5.81. The van der Waals surface area contributed by atoms with Crippen LogP contribution in [0.1, 0.15) is 36.4 Å². The summed E-state index contributed by atoms with van der Waals surface area (Å²) in [6.07, 6.45) is 2.35. The van der Waals surface area contributed by atoms with Gasteiger partial charge in [0.1, 0.15) is 10.7 Å². The van der Waals surface area contributed by atoms with Crippen molar-refractivity contribution in [2.75, 3.05) is 43.5 Å². The van der Waals surface area contributed by atoms with E-state index in [1.807, 2.05) is 0 Å². The highest BCUT2D eigenvalue weighted by Gasteiger charge is 2.21. The number of rotatable bonds is 7. The van der Waals surface area contributed by atoms with E-state index in [2.05, 4.69) is 29.0 Å². The number of hydrogen-bond acceptors (Lipinski definition) is 6. The van der Waals surface area contributed by atoms with Crippen molar-refractivity contribution < 1.29 is 9.53 Å². The molecule has 0 radical (unpaired) electrons. The van der Waals surface area contributed by atoms with Gasteiger partial charge in [-0.05, 0) is 18.8 Å². The van der Waals surface area contributed by atoms with Crippen molar-refractivity contribution in [3.05, 3.63) is 4.88 Å². The molecule has 0 aliphatic carbocycles. The molecule has 6 nitrogen and oxygen atoms in total. The minimum absolute atomic E-state index is 0.163. The number of carbonyl (C=O) groups excluding carboxylic acids is 1. The predicted octanol–water partition coefficient (Wildman–Crippen LogP) is 1.73. The van der Waals surface area contributed by atoms with Crippen molar-refractivity contribution in [3.8, 4) is 0 Å². The van der Waals surface area contributed by atoms with Crippen LogP contribution < -0.4 is 16.0 Å². The number of ether oxygens (including phenoxy) is 1. The first-order valence-electron chi connectivity index (χ1n) is 7.45. The van der Waals surface area contributed by atoms with Crippen LogP contribution in [0.4, 0.5) is 10.9 Å². The van der Waals surface area contributed by atoms with Crippen molar-refractivity contribution in [1.82, 2.24) is 10.3 Å². The molecule has 1 aliphatic rings. The number of nitrogens with one attached hydrogen (secondary N) is 1. The molecule has 3 N–H and O–H groups in total. The molecule has 1 saturated heterocycles. The molecule has 0 atom stereocenters. The van der Waals surface area contributed by atoms with Crippen LogP contribution in [0.5, 0.6) is 0 Å². The first-order valence-corrected chi connectivity index (χ1v) is 8.26. The van der Waals surface area contributed by atoms with Crippen LogP contribution >= 0.6 is 11.3 Å². The summed E-state index contributed by atoms with van der Waals surface area (Å²) in [6, 6.07) is 0. The first-order chi connectivity index (χ1) is 10.1. The van der Waals surface area contributed by atoms with Crippen LogP contribution in [0.25, 0.3) is 0 Å². The van der Waals surface area contributed by atoms with E-state index in [4.69, 9.17) is 10.5 Å². The summed E-state index contributed by atoms with van der Waals surface area (Å²) in [5.74, 6) is 0.659. The molecule has 2 rings (SSSR count). The van der Waals surface area contributed by atoms with Crippen LogP contribution in [0, 0.1) is 5.92 Å². The highest BCUT2D eigenvalue weighted by Crippen LogP contribution is 2.30. The van der Waals surface area contributed by atoms with E-state index in [1.54, 1.807) is 0 Å². The Bertz CT molecular complexity index is 470. The van der Waals surface area contributed by atoms with E-state index in [9.17, 15) is 4.79 Å². The Balaban J connectivity index is 1.81. The van der Waals surface area contributed by atoms with Crippen molar-refractivity contribution >= 4 is 28.2 Å². The van der Waals surface area contributed by atoms with Gasteiger partial charge < -0.3 is 20.7 Å². The zero-order valence-corrected chi connectivity index (χ0v) is 13.5. The Morgan fingerprint density at radius 3 is 2.86 bits per heavy atom. The third-order valence-corrected chi connectivity index (χ3v) is 4.34. The average Bonchev–Trinajstić information content (AvgIpc) is 3.06. The Morgan fingerprint density at radius 1 is 1.48 bits per heavy atom. The SMILES string of the molecule is CC(C)COCCNC(=O)c1sc(N2CCCC2)nc1N. The molecular formula is C14H24N4O2S. The van der Waals surface area contributed by atoms with Gasteiger partial charge in [0, 0.05) is 26.2 Å². The molecule has 0 spiro atoms. The molecule has 0 unspecified atom stereocenters. The number of anilines is 2. The van der Waals surface area contributed by atoms with Gasteiger partial charge in [-0.15, -0.1) is 0 Å². The van der Waals surface area contributed by atoms with Crippen LogP contribution in [-0.4, -0.2) is 43.7 Å². The zero-order chi connectivity index (χ0) is 15.2.